The van der Waals surface area contributed by atoms with E-state index in [1.165, 1.54) is 0 Å². The van der Waals surface area contributed by atoms with Crippen LogP contribution in [-0.4, -0.2) is 51.0 Å². The molecule has 23 heavy (non-hydrogen) atoms. The summed E-state index contributed by atoms with van der Waals surface area (Å²) in [6.45, 7) is 0.298. The first-order valence-corrected chi connectivity index (χ1v) is 9.32. The van der Waals surface area contributed by atoms with Crippen LogP contribution < -0.4 is 16.0 Å². The van der Waals surface area contributed by atoms with Crippen molar-refractivity contribution in [2.24, 2.45) is 0 Å². The Labute approximate surface area is 135 Å². The smallest absolute Gasteiger partial charge is 0.315 e. The molecule has 3 N–H and O–H groups in total. The van der Waals surface area contributed by atoms with Crippen molar-refractivity contribution in [3.8, 4) is 0 Å². The van der Waals surface area contributed by atoms with Gasteiger partial charge >= 0.3 is 6.03 Å². The van der Waals surface area contributed by atoms with Crippen molar-refractivity contribution in [2.45, 2.75) is 18.9 Å². The van der Waals surface area contributed by atoms with Crippen molar-refractivity contribution in [3.05, 3.63) is 35.9 Å². The molecule has 1 aromatic carbocycles. The minimum absolute atomic E-state index is 0.0258. The fraction of sp³-hybridized carbons (Fsp3) is 0.467. The Balaban J connectivity index is 1.59. The molecule has 3 amide bonds. The first kappa shape index (κ1) is 17.3. The average Bonchev–Trinajstić information content (AvgIpc) is 2.85. The Morgan fingerprint density at radius 2 is 1.87 bits per heavy atom. The van der Waals surface area contributed by atoms with Gasteiger partial charge in [-0.1, -0.05) is 30.3 Å². The molecule has 8 heteroatoms. The van der Waals surface area contributed by atoms with Crippen LogP contribution in [0.4, 0.5) is 4.79 Å². The fourth-order valence-corrected chi connectivity index (χ4v) is 4.05. The van der Waals surface area contributed by atoms with E-state index in [1.54, 1.807) is 0 Å². The Hall–Kier alpha value is -2.09. The molecule has 1 aliphatic rings. The van der Waals surface area contributed by atoms with E-state index >= 15 is 0 Å². The average molecular weight is 339 g/mol. The zero-order valence-corrected chi connectivity index (χ0v) is 13.6. The zero-order valence-electron chi connectivity index (χ0n) is 12.7. The van der Waals surface area contributed by atoms with Crippen molar-refractivity contribution in [1.29, 1.82) is 0 Å². The Morgan fingerprint density at radius 1 is 1.13 bits per heavy atom. The molecule has 0 radical (unpaired) electrons. The van der Waals surface area contributed by atoms with E-state index in [9.17, 15) is 18.0 Å². The van der Waals surface area contributed by atoms with Gasteiger partial charge < -0.3 is 16.0 Å². The standard InChI is InChI=1S/C15H21N3O4S/c19-14(18-13-7-9-23(21,22)11-13)10-17-15(20)16-8-6-12-4-2-1-3-5-12/h1-5,13H,6-11H2,(H,18,19)(H2,16,17,20)/t13-/m0/s1. The predicted octanol–water partition coefficient (Wildman–Crippen LogP) is -0.168. The van der Waals surface area contributed by atoms with Crippen molar-refractivity contribution in [1.82, 2.24) is 16.0 Å². The molecule has 0 spiro atoms. The molecule has 0 aliphatic carbocycles. The normalized spacial score (nSPS) is 19.0. The lowest BCUT2D eigenvalue weighted by Crippen LogP contribution is -2.45. The minimum Gasteiger partial charge on any atom is -0.351 e. The number of carbonyl (C=O) groups excluding carboxylic acids is 2. The van der Waals surface area contributed by atoms with E-state index in [0.29, 0.717) is 19.4 Å². The largest absolute Gasteiger partial charge is 0.351 e. The lowest BCUT2D eigenvalue weighted by atomic mass is 10.1. The monoisotopic (exact) mass is 339 g/mol. The first-order valence-electron chi connectivity index (χ1n) is 7.50. The minimum atomic E-state index is -3.03. The van der Waals surface area contributed by atoms with Gasteiger partial charge in [0, 0.05) is 12.6 Å². The van der Waals surface area contributed by atoms with Crippen LogP contribution >= 0.6 is 0 Å². The second kappa shape index (κ2) is 7.96. The molecular weight excluding hydrogens is 318 g/mol. The molecule has 1 saturated heterocycles. The highest BCUT2D eigenvalue weighted by atomic mass is 32.2. The summed E-state index contributed by atoms with van der Waals surface area (Å²) in [6, 6.07) is 8.97. The van der Waals surface area contributed by atoms with Crippen LogP contribution in [0.2, 0.25) is 0 Å². The van der Waals surface area contributed by atoms with E-state index in [-0.39, 0.29) is 30.0 Å². The van der Waals surface area contributed by atoms with Crippen molar-refractivity contribution >= 4 is 21.8 Å². The van der Waals surface area contributed by atoms with Gasteiger partial charge in [-0.2, -0.15) is 0 Å². The van der Waals surface area contributed by atoms with Crippen molar-refractivity contribution in [3.63, 3.8) is 0 Å². The van der Waals surface area contributed by atoms with Gasteiger partial charge in [0.15, 0.2) is 9.84 Å². The summed E-state index contributed by atoms with van der Waals surface area (Å²) in [7, 11) is -3.03. The maximum atomic E-state index is 11.7. The second-order valence-electron chi connectivity index (χ2n) is 5.51. The number of rotatable bonds is 6. The molecule has 1 aliphatic heterocycles. The SMILES string of the molecule is O=C(CNC(=O)NCCc1ccccc1)N[C@H]1CCS(=O)(=O)C1. The van der Waals surface area contributed by atoms with Gasteiger partial charge in [0.2, 0.25) is 5.91 Å². The summed E-state index contributed by atoms with van der Waals surface area (Å²) >= 11 is 0. The Kier molecular flexibility index (Phi) is 5.97. The van der Waals surface area contributed by atoms with E-state index in [1.807, 2.05) is 30.3 Å². The van der Waals surface area contributed by atoms with Gasteiger partial charge in [-0.05, 0) is 18.4 Å². The van der Waals surface area contributed by atoms with E-state index < -0.39 is 15.9 Å². The van der Waals surface area contributed by atoms with Gasteiger partial charge in [0.05, 0.1) is 18.1 Å². The predicted molar refractivity (Wildman–Crippen MR) is 86.7 cm³/mol. The number of urea groups is 1. The number of amides is 3. The molecule has 0 saturated carbocycles. The molecule has 0 aromatic heterocycles. The zero-order chi connectivity index (χ0) is 16.7. The topological polar surface area (TPSA) is 104 Å². The molecule has 1 fully saturated rings. The van der Waals surface area contributed by atoms with Gasteiger partial charge in [-0.25, -0.2) is 13.2 Å². The number of hydrogen-bond donors (Lipinski definition) is 3. The van der Waals surface area contributed by atoms with Crippen molar-refractivity contribution < 1.29 is 18.0 Å². The highest BCUT2D eigenvalue weighted by Crippen LogP contribution is 2.10. The molecular formula is C15H21N3O4S. The molecule has 1 heterocycles. The number of nitrogens with one attached hydrogen (secondary N) is 3. The highest BCUT2D eigenvalue weighted by molar-refractivity contribution is 7.91. The van der Waals surface area contributed by atoms with Crippen molar-refractivity contribution in [2.75, 3.05) is 24.6 Å². The molecule has 2 rings (SSSR count). The third-order valence-corrected chi connectivity index (χ3v) is 5.32. The molecule has 7 nitrogen and oxygen atoms in total. The van der Waals surface area contributed by atoms with Gasteiger partial charge in [0.1, 0.15) is 0 Å². The van der Waals surface area contributed by atoms with Gasteiger partial charge in [-0.15, -0.1) is 0 Å². The quantitative estimate of drug-likeness (QED) is 0.669. The summed E-state index contributed by atoms with van der Waals surface area (Å²) in [5.41, 5.74) is 1.12. The van der Waals surface area contributed by atoms with Crippen LogP contribution in [-0.2, 0) is 21.1 Å². The van der Waals surface area contributed by atoms with Crippen LogP contribution in [0.5, 0.6) is 0 Å². The Bertz CT molecular complexity index is 646. The first-order chi connectivity index (χ1) is 10.9. The van der Waals surface area contributed by atoms with Crippen LogP contribution in [0, 0.1) is 0 Å². The van der Waals surface area contributed by atoms with E-state index in [0.717, 1.165) is 5.56 Å². The summed E-state index contributed by atoms with van der Waals surface area (Å²) in [6.07, 6.45) is 1.14. The van der Waals surface area contributed by atoms with Gasteiger partial charge in [0.25, 0.3) is 0 Å². The third-order valence-electron chi connectivity index (χ3n) is 3.55. The molecule has 1 aromatic rings. The number of benzene rings is 1. The lowest BCUT2D eigenvalue weighted by molar-refractivity contribution is -0.120. The number of carbonyl (C=O) groups is 2. The molecule has 1 atom stereocenters. The number of hydrogen-bond acceptors (Lipinski definition) is 4. The maximum absolute atomic E-state index is 11.7. The second-order valence-corrected chi connectivity index (χ2v) is 7.74. The highest BCUT2D eigenvalue weighted by Gasteiger charge is 2.28. The summed E-state index contributed by atoms with van der Waals surface area (Å²) in [4.78, 5) is 23.2. The van der Waals surface area contributed by atoms with Crippen LogP contribution in [0.3, 0.4) is 0 Å². The molecule has 0 bridgehead atoms. The molecule has 0 unspecified atom stereocenters. The van der Waals surface area contributed by atoms with E-state index in [4.69, 9.17) is 0 Å². The van der Waals surface area contributed by atoms with Crippen LogP contribution in [0.1, 0.15) is 12.0 Å². The summed E-state index contributed by atoms with van der Waals surface area (Å²) < 4.78 is 22.6. The van der Waals surface area contributed by atoms with E-state index in [2.05, 4.69) is 16.0 Å². The van der Waals surface area contributed by atoms with Gasteiger partial charge in [-0.3, -0.25) is 4.79 Å². The van der Waals surface area contributed by atoms with Crippen LogP contribution in [0.25, 0.3) is 0 Å². The summed E-state index contributed by atoms with van der Waals surface area (Å²) in [5.74, 6) is -0.307. The molecule has 126 valence electrons. The third kappa shape index (κ3) is 6.27. The number of sulfone groups is 1. The fourth-order valence-electron chi connectivity index (χ4n) is 2.38. The maximum Gasteiger partial charge on any atom is 0.315 e. The summed E-state index contributed by atoms with van der Waals surface area (Å²) in [5, 5.41) is 7.73. The lowest BCUT2D eigenvalue weighted by Gasteiger charge is -2.12. The Morgan fingerprint density at radius 3 is 2.52 bits per heavy atom. The van der Waals surface area contributed by atoms with Crippen LogP contribution in [0.15, 0.2) is 30.3 Å².